The van der Waals surface area contributed by atoms with Crippen molar-refractivity contribution in [2.45, 2.75) is 31.1 Å². The number of benzene rings is 1. The van der Waals surface area contributed by atoms with Gasteiger partial charge in [0.25, 0.3) is 0 Å². The van der Waals surface area contributed by atoms with Crippen molar-refractivity contribution >= 4 is 21.6 Å². The van der Waals surface area contributed by atoms with Crippen LogP contribution >= 0.6 is 0 Å². The second-order valence-electron chi connectivity index (χ2n) is 5.63. The summed E-state index contributed by atoms with van der Waals surface area (Å²) in [7, 11) is -2.15. The summed E-state index contributed by atoms with van der Waals surface area (Å²) in [5.74, 6) is 0.479. The van der Waals surface area contributed by atoms with E-state index in [1.54, 1.807) is 19.1 Å². The first-order chi connectivity index (χ1) is 10.4. The van der Waals surface area contributed by atoms with E-state index in [0.717, 1.165) is 25.9 Å². The lowest BCUT2D eigenvalue weighted by molar-refractivity contribution is -0.116. The minimum atomic E-state index is -3.52. The summed E-state index contributed by atoms with van der Waals surface area (Å²) in [5.41, 5.74) is 1.15. The zero-order valence-electron chi connectivity index (χ0n) is 13.0. The summed E-state index contributed by atoms with van der Waals surface area (Å²) < 4.78 is 26.2. The molecule has 0 bridgehead atoms. The molecule has 1 aromatic rings. The van der Waals surface area contributed by atoms with Crippen LogP contribution in [0, 0.1) is 12.8 Å². The molecule has 1 saturated heterocycles. The van der Waals surface area contributed by atoms with Crippen LogP contribution in [-0.4, -0.2) is 34.5 Å². The Balaban J connectivity index is 2.00. The summed E-state index contributed by atoms with van der Waals surface area (Å²) >= 11 is 0. The summed E-state index contributed by atoms with van der Waals surface area (Å²) in [6.07, 6.45) is 2.42. The van der Waals surface area contributed by atoms with Crippen LogP contribution in [0.25, 0.3) is 0 Å². The average molecular weight is 325 g/mol. The molecule has 6 nitrogen and oxygen atoms in total. The van der Waals surface area contributed by atoms with Crippen molar-refractivity contribution in [2.75, 3.05) is 25.5 Å². The van der Waals surface area contributed by atoms with E-state index >= 15 is 0 Å². The van der Waals surface area contributed by atoms with E-state index in [-0.39, 0.29) is 10.8 Å². The molecule has 0 aromatic heterocycles. The van der Waals surface area contributed by atoms with Gasteiger partial charge in [-0.05, 0) is 63.5 Å². The van der Waals surface area contributed by atoms with Crippen LogP contribution in [0.5, 0.6) is 0 Å². The largest absolute Gasteiger partial charge is 0.326 e. The molecule has 7 heteroatoms. The fourth-order valence-corrected chi connectivity index (χ4v) is 3.59. The van der Waals surface area contributed by atoms with Crippen LogP contribution in [0.1, 0.15) is 24.8 Å². The van der Waals surface area contributed by atoms with Crippen LogP contribution in [0.3, 0.4) is 0 Å². The molecule has 0 radical (unpaired) electrons. The van der Waals surface area contributed by atoms with Crippen LogP contribution in [0.4, 0.5) is 5.69 Å². The number of hydrogen-bond donors (Lipinski definition) is 3. The highest BCUT2D eigenvalue weighted by molar-refractivity contribution is 7.89. The van der Waals surface area contributed by atoms with E-state index in [1.807, 2.05) is 0 Å². The van der Waals surface area contributed by atoms with Crippen molar-refractivity contribution < 1.29 is 13.2 Å². The Labute approximate surface area is 131 Å². The fraction of sp³-hybridized carbons (Fsp3) is 0.533. The molecule has 122 valence electrons. The third-order valence-electron chi connectivity index (χ3n) is 3.97. The molecule has 1 atom stereocenters. The third-order valence-corrected chi connectivity index (χ3v) is 5.53. The molecule has 1 aliphatic heterocycles. The van der Waals surface area contributed by atoms with Gasteiger partial charge < -0.3 is 10.6 Å². The van der Waals surface area contributed by atoms with E-state index in [4.69, 9.17) is 0 Å². The maximum atomic E-state index is 12.0. The molecule has 1 unspecified atom stereocenters. The highest BCUT2D eigenvalue weighted by atomic mass is 32.2. The van der Waals surface area contributed by atoms with Gasteiger partial charge in [-0.25, -0.2) is 13.1 Å². The molecule has 1 heterocycles. The number of amides is 1. The van der Waals surface area contributed by atoms with Crippen molar-refractivity contribution in [2.24, 2.45) is 5.92 Å². The molecular weight excluding hydrogens is 302 g/mol. The quantitative estimate of drug-likeness (QED) is 0.734. The fourth-order valence-electron chi connectivity index (χ4n) is 2.60. The van der Waals surface area contributed by atoms with Gasteiger partial charge in [-0.15, -0.1) is 0 Å². The van der Waals surface area contributed by atoms with Crippen LogP contribution in [-0.2, 0) is 14.8 Å². The number of anilines is 1. The van der Waals surface area contributed by atoms with Gasteiger partial charge in [0.1, 0.15) is 0 Å². The molecule has 2 rings (SSSR count). The zero-order valence-corrected chi connectivity index (χ0v) is 13.8. The maximum Gasteiger partial charge on any atom is 0.240 e. The summed E-state index contributed by atoms with van der Waals surface area (Å²) in [6.45, 7) is 3.72. The number of nitrogens with one attached hydrogen (secondary N) is 3. The molecular formula is C15H23N3O3S. The van der Waals surface area contributed by atoms with Gasteiger partial charge in [-0.2, -0.15) is 0 Å². The average Bonchev–Trinajstić information content (AvgIpc) is 3.00. The Kier molecular flexibility index (Phi) is 5.55. The van der Waals surface area contributed by atoms with E-state index in [2.05, 4.69) is 15.4 Å². The molecule has 1 fully saturated rings. The number of aryl methyl sites for hydroxylation is 1. The van der Waals surface area contributed by atoms with Crippen LogP contribution in [0.2, 0.25) is 0 Å². The first-order valence-electron chi connectivity index (χ1n) is 7.47. The number of carbonyl (C=O) groups excluding carboxylic acids is 1. The highest BCUT2D eigenvalue weighted by Crippen LogP contribution is 2.21. The first kappa shape index (κ1) is 16.9. The van der Waals surface area contributed by atoms with Gasteiger partial charge >= 0.3 is 0 Å². The molecule has 0 aliphatic carbocycles. The lowest BCUT2D eigenvalue weighted by Crippen LogP contribution is -2.20. The number of hydrogen-bond acceptors (Lipinski definition) is 4. The van der Waals surface area contributed by atoms with E-state index in [9.17, 15) is 13.2 Å². The number of sulfonamides is 1. The molecule has 3 N–H and O–H groups in total. The van der Waals surface area contributed by atoms with Gasteiger partial charge in [0.05, 0.1) is 4.90 Å². The van der Waals surface area contributed by atoms with Gasteiger partial charge in [0, 0.05) is 12.1 Å². The predicted molar refractivity (Wildman–Crippen MR) is 86.3 cm³/mol. The maximum absolute atomic E-state index is 12.0. The summed E-state index contributed by atoms with van der Waals surface area (Å²) in [4.78, 5) is 12.2. The van der Waals surface area contributed by atoms with Gasteiger partial charge in [0.2, 0.25) is 15.9 Å². The second-order valence-corrected chi connectivity index (χ2v) is 7.49. The van der Waals surface area contributed by atoms with Crippen molar-refractivity contribution in [3.8, 4) is 0 Å². The molecule has 22 heavy (non-hydrogen) atoms. The van der Waals surface area contributed by atoms with Gasteiger partial charge in [0.15, 0.2) is 0 Å². The second kappa shape index (κ2) is 7.21. The smallest absolute Gasteiger partial charge is 0.240 e. The Morgan fingerprint density at radius 3 is 2.82 bits per heavy atom. The van der Waals surface area contributed by atoms with E-state index in [1.165, 1.54) is 13.1 Å². The van der Waals surface area contributed by atoms with Crippen LogP contribution < -0.4 is 15.4 Å². The molecule has 1 aliphatic rings. The third kappa shape index (κ3) is 4.28. The first-order valence-corrected chi connectivity index (χ1v) is 8.95. The highest BCUT2D eigenvalue weighted by Gasteiger charge is 2.17. The monoisotopic (exact) mass is 325 g/mol. The van der Waals surface area contributed by atoms with Gasteiger partial charge in [-0.1, -0.05) is 6.07 Å². The lowest BCUT2D eigenvalue weighted by Gasteiger charge is -2.11. The normalized spacial score (nSPS) is 18.4. The Bertz CT molecular complexity index is 637. The minimum absolute atomic E-state index is 0.0800. The van der Waals surface area contributed by atoms with E-state index in [0.29, 0.717) is 23.6 Å². The van der Waals surface area contributed by atoms with Crippen molar-refractivity contribution in [3.63, 3.8) is 0 Å². The standard InChI is InChI=1S/C15H23N3O3S/c1-11-3-5-13(9-14(11)22(20,21)16-2)18-15(19)6-4-12-7-8-17-10-12/h3,5,9,12,16-17H,4,6-8,10H2,1-2H3,(H,18,19). The molecule has 1 amide bonds. The van der Waals surface area contributed by atoms with Crippen molar-refractivity contribution in [3.05, 3.63) is 23.8 Å². The molecule has 0 saturated carbocycles. The van der Waals surface area contributed by atoms with E-state index < -0.39 is 10.0 Å². The van der Waals surface area contributed by atoms with Crippen LogP contribution in [0.15, 0.2) is 23.1 Å². The Morgan fingerprint density at radius 1 is 1.41 bits per heavy atom. The predicted octanol–water partition coefficient (Wildman–Crippen LogP) is 1.23. The molecule has 0 spiro atoms. The zero-order chi connectivity index (χ0) is 16.2. The Hall–Kier alpha value is -1.44. The molecule has 1 aromatic carbocycles. The van der Waals surface area contributed by atoms with Crippen molar-refractivity contribution in [1.29, 1.82) is 0 Å². The summed E-state index contributed by atoms with van der Waals surface area (Å²) in [5, 5.41) is 6.06. The number of carbonyl (C=O) groups is 1. The Morgan fingerprint density at radius 2 is 2.18 bits per heavy atom. The topological polar surface area (TPSA) is 87.3 Å². The SMILES string of the molecule is CNS(=O)(=O)c1cc(NC(=O)CCC2CCNC2)ccc1C. The number of rotatable bonds is 6. The minimum Gasteiger partial charge on any atom is -0.326 e. The lowest BCUT2D eigenvalue weighted by atomic mass is 10.0. The summed E-state index contributed by atoms with van der Waals surface area (Å²) in [6, 6.07) is 4.91. The van der Waals surface area contributed by atoms with Gasteiger partial charge in [-0.3, -0.25) is 4.79 Å². The van der Waals surface area contributed by atoms with Crippen molar-refractivity contribution in [1.82, 2.24) is 10.0 Å².